The van der Waals surface area contributed by atoms with Gasteiger partial charge < -0.3 is 14.5 Å². The molecule has 2 aliphatic heterocycles. The smallest absolute Gasteiger partial charge is 0.318 e. The van der Waals surface area contributed by atoms with Crippen molar-refractivity contribution in [2.75, 3.05) is 44.7 Å². The van der Waals surface area contributed by atoms with Crippen molar-refractivity contribution >= 4 is 23.3 Å². The van der Waals surface area contributed by atoms with E-state index in [0.29, 0.717) is 37.7 Å². The summed E-state index contributed by atoms with van der Waals surface area (Å²) in [5, 5.41) is 10.4. The highest BCUT2D eigenvalue weighted by molar-refractivity contribution is 6.31. The van der Waals surface area contributed by atoms with Crippen molar-refractivity contribution in [1.29, 1.82) is 5.26 Å². The molecule has 0 bridgehead atoms. The summed E-state index contributed by atoms with van der Waals surface area (Å²) in [6, 6.07) is 6.69. The van der Waals surface area contributed by atoms with Gasteiger partial charge in [-0.1, -0.05) is 24.2 Å². The van der Waals surface area contributed by atoms with E-state index in [1.807, 2.05) is 6.07 Å². The van der Waals surface area contributed by atoms with Gasteiger partial charge in [0.05, 0.1) is 24.2 Å². The largest absolute Gasteiger partial charge is 0.462 e. The van der Waals surface area contributed by atoms with Gasteiger partial charge in [0.25, 0.3) is 5.91 Å². The number of piperazine rings is 1. The molecule has 8 nitrogen and oxygen atoms in total. The summed E-state index contributed by atoms with van der Waals surface area (Å²) in [6.45, 7) is 6.03. The number of rotatable bonds is 6. The van der Waals surface area contributed by atoms with Gasteiger partial charge in [0.1, 0.15) is 12.4 Å². The maximum Gasteiger partial charge on any atom is 0.318 e. The average molecular weight is 589 g/mol. The van der Waals surface area contributed by atoms with Crippen LogP contribution < -0.4 is 9.64 Å². The minimum atomic E-state index is -0.999. The molecule has 1 aromatic carbocycles. The Kier molecular flexibility index (Phi) is 5.90. The highest BCUT2D eigenvalue weighted by Gasteiger charge is 2.59. The number of carbonyl (C=O) groups excluding carboxylic acids is 1. The van der Waals surface area contributed by atoms with E-state index in [-0.39, 0.29) is 24.3 Å². The summed E-state index contributed by atoms with van der Waals surface area (Å²) in [5.74, 6) is 0.734. The number of likely N-dealkylation sites (N-methyl/N-ethyl adjacent to an activating group) is 1. The SMILES string of the molecule is C=C(F)C(=O)N1CCN(c2nc(OC[C@@H]3[C@H]4C[C@H]4CN3C)nc3c2CC[C@]24CCc5c(Cl)ccc(c52)[C@@H]34)C[C@@H]1CC#N. The molecule has 42 heavy (non-hydrogen) atoms. The molecule has 1 aromatic heterocycles. The molecule has 218 valence electrons. The lowest BCUT2D eigenvalue weighted by molar-refractivity contribution is -0.131. The van der Waals surface area contributed by atoms with Crippen molar-refractivity contribution in [3.63, 3.8) is 0 Å². The zero-order valence-corrected chi connectivity index (χ0v) is 24.5. The number of nitriles is 1. The summed E-state index contributed by atoms with van der Waals surface area (Å²) in [6.07, 6.45) is 5.30. The van der Waals surface area contributed by atoms with Gasteiger partial charge in [-0.05, 0) is 73.7 Å². The molecule has 10 heteroatoms. The van der Waals surface area contributed by atoms with E-state index >= 15 is 0 Å². The van der Waals surface area contributed by atoms with Crippen LogP contribution in [0.1, 0.15) is 59.5 Å². The first-order chi connectivity index (χ1) is 20.3. The summed E-state index contributed by atoms with van der Waals surface area (Å²) in [7, 11) is 2.17. The Hall–Kier alpha value is -3.22. The first-order valence-electron chi connectivity index (χ1n) is 15.1. The van der Waals surface area contributed by atoms with Crippen LogP contribution in [-0.4, -0.2) is 77.6 Å². The number of hydrogen-bond acceptors (Lipinski definition) is 7. The third-order valence-corrected chi connectivity index (χ3v) is 11.5. The van der Waals surface area contributed by atoms with E-state index in [9.17, 15) is 14.4 Å². The fraction of sp³-hybridized carbons (Fsp3) is 0.562. The van der Waals surface area contributed by atoms with Crippen LogP contribution in [0.2, 0.25) is 5.02 Å². The minimum absolute atomic E-state index is 0.0638. The number of ether oxygens (including phenoxy) is 1. The van der Waals surface area contributed by atoms with Crippen LogP contribution in [-0.2, 0) is 23.1 Å². The summed E-state index contributed by atoms with van der Waals surface area (Å²) < 4.78 is 20.3. The number of fused-ring (bicyclic) bond motifs is 4. The number of likely N-dealkylation sites (tertiary alicyclic amines) is 1. The quantitative estimate of drug-likeness (QED) is 0.469. The number of benzene rings is 1. The molecule has 2 saturated heterocycles. The average Bonchev–Trinajstić information content (AvgIpc) is 3.53. The van der Waals surface area contributed by atoms with Crippen molar-refractivity contribution in [3.05, 3.63) is 57.5 Å². The Balaban J connectivity index is 1.17. The molecular formula is C32H34ClFN6O2. The predicted octanol–water partition coefficient (Wildman–Crippen LogP) is 4.15. The molecule has 6 aliphatic rings. The maximum atomic E-state index is 13.8. The van der Waals surface area contributed by atoms with Gasteiger partial charge in [0.15, 0.2) is 5.83 Å². The number of hydrogen-bond donors (Lipinski definition) is 0. The molecule has 2 aromatic rings. The van der Waals surface area contributed by atoms with Gasteiger partial charge in [0, 0.05) is 54.1 Å². The topological polar surface area (TPSA) is 85.6 Å². The van der Waals surface area contributed by atoms with Crippen LogP contribution in [0, 0.1) is 23.2 Å². The number of amides is 1. The summed E-state index contributed by atoms with van der Waals surface area (Å²) >= 11 is 6.63. The number of piperidine rings is 1. The number of halogens is 2. The maximum absolute atomic E-state index is 13.8. The molecule has 0 radical (unpaired) electrons. The molecule has 0 unspecified atom stereocenters. The number of anilines is 1. The second kappa shape index (κ2) is 9.39. The Labute approximate surface area is 250 Å². The zero-order valence-electron chi connectivity index (χ0n) is 23.8. The van der Waals surface area contributed by atoms with Crippen LogP contribution in [0.5, 0.6) is 6.01 Å². The molecule has 3 fully saturated rings. The fourth-order valence-electron chi connectivity index (χ4n) is 9.07. The van der Waals surface area contributed by atoms with Crippen LogP contribution in [0.25, 0.3) is 0 Å². The van der Waals surface area contributed by atoms with Crippen molar-refractivity contribution in [2.24, 2.45) is 11.8 Å². The molecule has 4 aliphatic carbocycles. The Morgan fingerprint density at radius 3 is 2.79 bits per heavy atom. The number of nitrogens with zero attached hydrogens (tertiary/aromatic N) is 6. The first-order valence-corrected chi connectivity index (χ1v) is 15.5. The molecule has 8 rings (SSSR count). The Bertz CT molecular complexity index is 1570. The highest BCUT2D eigenvalue weighted by atomic mass is 35.5. The van der Waals surface area contributed by atoms with E-state index in [0.717, 1.165) is 60.2 Å². The minimum Gasteiger partial charge on any atom is -0.462 e. The molecule has 1 spiro atoms. The van der Waals surface area contributed by atoms with Gasteiger partial charge >= 0.3 is 6.01 Å². The second-order valence-electron chi connectivity index (χ2n) is 13.1. The molecule has 1 amide bonds. The van der Waals surface area contributed by atoms with Crippen LogP contribution >= 0.6 is 11.6 Å². The van der Waals surface area contributed by atoms with Gasteiger partial charge in [-0.15, -0.1) is 0 Å². The molecule has 0 N–H and O–H groups in total. The molecule has 1 saturated carbocycles. The molecular weight excluding hydrogens is 555 g/mol. The Morgan fingerprint density at radius 2 is 2.05 bits per heavy atom. The normalized spacial score (nSPS) is 31.8. The van der Waals surface area contributed by atoms with Crippen LogP contribution in [0.3, 0.4) is 0 Å². The number of aromatic nitrogens is 2. The van der Waals surface area contributed by atoms with Gasteiger partial charge in [-0.2, -0.15) is 15.2 Å². The van der Waals surface area contributed by atoms with Crippen LogP contribution in [0.15, 0.2) is 24.5 Å². The van der Waals surface area contributed by atoms with Gasteiger partial charge in [-0.25, -0.2) is 4.39 Å². The highest BCUT2D eigenvalue weighted by Crippen LogP contribution is 2.67. The van der Waals surface area contributed by atoms with E-state index in [1.54, 1.807) is 0 Å². The lowest BCUT2D eigenvalue weighted by Crippen LogP contribution is -2.56. The molecule has 6 atom stereocenters. The fourth-order valence-corrected chi connectivity index (χ4v) is 9.32. The second-order valence-corrected chi connectivity index (χ2v) is 13.5. The third kappa shape index (κ3) is 3.70. The van der Waals surface area contributed by atoms with Crippen LogP contribution in [0.4, 0.5) is 10.2 Å². The third-order valence-electron chi connectivity index (χ3n) is 11.1. The van der Waals surface area contributed by atoms with Crippen molar-refractivity contribution < 1.29 is 13.9 Å². The number of carbonyl (C=O) groups is 1. The predicted molar refractivity (Wildman–Crippen MR) is 155 cm³/mol. The van der Waals surface area contributed by atoms with Crippen molar-refractivity contribution in [1.82, 2.24) is 19.8 Å². The van der Waals surface area contributed by atoms with Crippen molar-refractivity contribution in [2.45, 2.75) is 61.9 Å². The Morgan fingerprint density at radius 1 is 1.24 bits per heavy atom. The summed E-state index contributed by atoms with van der Waals surface area (Å²) in [5.41, 5.74) is 6.29. The van der Waals surface area contributed by atoms with E-state index in [4.69, 9.17) is 26.3 Å². The van der Waals surface area contributed by atoms with Gasteiger partial charge in [0.2, 0.25) is 0 Å². The summed E-state index contributed by atoms with van der Waals surface area (Å²) in [4.78, 5) is 28.7. The van der Waals surface area contributed by atoms with E-state index in [1.165, 1.54) is 28.0 Å². The van der Waals surface area contributed by atoms with E-state index < -0.39 is 17.8 Å². The zero-order chi connectivity index (χ0) is 28.9. The van der Waals surface area contributed by atoms with E-state index in [2.05, 4.69) is 35.6 Å². The first kappa shape index (κ1) is 26.4. The van der Waals surface area contributed by atoms with Crippen molar-refractivity contribution in [3.8, 4) is 12.1 Å². The lowest BCUT2D eigenvalue weighted by Gasteiger charge is -2.53. The molecule has 3 heterocycles. The monoisotopic (exact) mass is 588 g/mol. The van der Waals surface area contributed by atoms with Gasteiger partial charge in [-0.3, -0.25) is 9.69 Å². The standard InChI is InChI=1S/C32H34ClFN6O2/c1-17(34)30(41)40-12-11-39(15-19(40)7-10-35)29-22-6-9-32-8-5-20-24(33)4-3-21(26(20)32)27(32)28(22)36-31(37-29)42-16-25-23-13-18(23)14-38(25)2/h3-4,18-19,23,25,27H,1,5-9,11-16H2,2H3/t18-,19-,23-,25+,27-,32+/m0/s1. The lowest BCUT2D eigenvalue weighted by atomic mass is 9.51.